The van der Waals surface area contributed by atoms with E-state index in [1.165, 1.54) is 0 Å². The van der Waals surface area contributed by atoms with Gasteiger partial charge in [-0.3, -0.25) is 4.79 Å². The minimum atomic E-state index is -1.90. The monoisotopic (exact) mass is 390 g/mol. The van der Waals surface area contributed by atoms with E-state index in [-0.39, 0.29) is 27.1 Å². The summed E-state index contributed by atoms with van der Waals surface area (Å²) in [4.78, 5) is 13.3. The minimum absolute atomic E-state index is 0.153. The van der Waals surface area contributed by atoms with Crippen LogP contribution in [0.15, 0.2) is 36.0 Å². The molecule has 0 aliphatic heterocycles. The molecule has 0 aromatic heterocycles. The summed E-state index contributed by atoms with van der Waals surface area (Å²) in [5, 5.41) is 0.153. The van der Waals surface area contributed by atoms with Gasteiger partial charge < -0.3 is 4.43 Å². The molecule has 0 N–H and O–H groups in total. The fourth-order valence-electron chi connectivity index (χ4n) is 3.07. The zero-order chi connectivity index (χ0) is 21.5. The van der Waals surface area contributed by atoms with Crippen molar-refractivity contribution in [2.45, 2.75) is 86.9 Å². The van der Waals surface area contributed by atoms with Crippen LogP contribution in [0.4, 0.5) is 0 Å². The van der Waals surface area contributed by atoms with Gasteiger partial charge in [0.15, 0.2) is 14.1 Å². The molecule has 0 saturated heterocycles. The Hall–Kier alpha value is -0.933. The number of carbonyl (C=O) groups is 1. The predicted octanol–water partition coefficient (Wildman–Crippen LogP) is 7.10. The summed E-state index contributed by atoms with van der Waals surface area (Å²) < 4.78 is 6.64. The standard InChI is InChI=1S/C24H42O2Si/c1-13-14-24(17-26-27(11,12)23(8,9)10)15-18(21(2,3)4)20(25)19(16-24)22(5,6)7/h13,15-16H,1,14,17H2,2-12H3. The van der Waals surface area contributed by atoms with E-state index in [4.69, 9.17) is 4.43 Å². The number of hydrogen-bond acceptors (Lipinski definition) is 2. The normalized spacial score (nSPS) is 18.9. The van der Waals surface area contributed by atoms with Gasteiger partial charge in [0.25, 0.3) is 0 Å². The topological polar surface area (TPSA) is 26.3 Å². The van der Waals surface area contributed by atoms with Gasteiger partial charge >= 0.3 is 0 Å². The number of hydrogen-bond donors (Lipinski definition) is 0. The summed E-state index contributed by atoms with van der Waals surface area (Å²) in [6.45, 7) is 28.7. The van der Waals surface area contributed by atoms with Gasteiger partial charge in [-0.1, -0.05) is 80.5 Å². The molecule has 0 amide bonds. The third-order valence-electron chi connectivity index (χ3n) is 6.00. The lowest BCUT2D eigenvalue weighted by Crippen LogP contribution is -2.44. The zero-order valence-corrected chi connectivity index (χ0v) is 20.7. The quantitative estimate of drug-likeness (QED) is 0.369. The summed E-state index contributed by atoms with van der Waals surface area (Å²) in [5.41, 5.74) is 1.08. The number of ketones is 1. The maximum Gasteiger partial charge on any atom is 0.192 e. The molecule has 1 aliphatic carbocycles. The molecular formula is C24H42O2Si. The van der Waals surface area contributed by atoms with Gasteiger partial charge in [0.1, 0.15) is 0 Å². The van der Waals surface area contributed by atoms with Crippen LogP contribution in [0.2, 0.25) is 18.1 Å². The number of Topliss-reactive ketones (excluding diaryl/α,β-unsaturated/α-hetero) is 1. The molecule has 0 atom stereocenters. The van der Waals surface area contributed by atoms with E-state index in [1.807, 2.05) is 6.08 Å². The Balaban J connectivity index is 3.51. The van der Waals surface area contributed by atoms with Crippen LogP contribution in [0, 0.1) is 16.2 Å². The molecule has 0 spiro atoms. The molecule has 0 bridgehead atoms. The van der Waals surface area contributed by atoms with E-state index in [2.05, 4.69) is 94.1 Å². The zero-order valence-electron chi connectivity index (χ0n) is 19.7. The number of rotatable bonds is 5. The summed E-state index contributed by atoms with van der Waals surface area (Å²) >= 11 is 0. The third kappa shape index (κ3) is 5.54. The highest BCUT2D eigenvalue weighted by Crippen LogP contribution is 2.46. The third-order valence-corrected chi connectivity index (χ3v) is 10.5. The molecule has 0 heterocycles. The Kier molecular flexibility index (Phi) is 6.68. The molecular weight excluding hydrogens is 348 g/mol. The van der Waals surface area contributed by atoms with E-state index in [1.54, 1.807) is 0 Å². The van der Waals surface area contributed by atoms with Crippen molar-refractivity contribution < 1.29 is 9.22 Å². The van der Waals surface area contributed by atoms with Crippen molar-refractivity contribution in [3.63, 3.8) is 0 Å². The van der Waals surface area contributed by atoms with Gasteiger partial charge in [0, 0.05) is 23.2 Å². The van der Waals surface area contributed by atoms with Gasteiger partial charge in [0.05, 0.1) is 0 Å². The van der Waals surface area contributed by atoms with Crippen LogP contribution in [0.25, 0.3) is 0 Å². The highest BCUT2D eigenvalue weighted by atomic mass is 28.4. The van der Waals surface area contributed by atoms with Crippen LogP contribution >= 0.6 is 0 Å². The van der Waals surface area contributed by atoms with E-state index < -0.39 is 8.32 Å². The van der Waals surface area contributed by atoms with Crippen LogP contribution < -0.4 is 0 Å². The Labute approximate surface area is 169 Å². The van der Waals surface area contributed by atoms with Crippen LogP contribution in [0.1, 0.15) is 68.7 Å². The predicted molar refractivity (Wildman–Crippen MR) is 120 cm³/mol. The molecule has 0 saturated carbocycles. The first kappa shape index (κ1) is 24.1. The Morgan fingerprint density at radius 3 is 1.67 bits per heavy atom. The van der Waals surface area contributed by atoms with Gasteiger partial charge in [-0.25, -0.2) is 0 Å². The van der Waals surface area contributed by atoms with Crippen LogP contribution in [-0.4, -0.2) is 20.7 Å². The molecule has 0 fully saturated rings. The minimum Gasteiger partial charge on any atom is -0.416 e. The summed E-state index contributed by atoms with van der Waals surface area (Å²) in [7, 11) is -1.90. The van der Waals surface area contributed by atoms with E-state index in [0.717, 1.165) is 17.6 Å². The number of carbonyl (C=O) groups excluding carboxylic acids is 1. The van der Waals surface area contributed by atoms with Gasteiger partial charge in [-0.15, -0.1) is 6.58 Å². The molecule has 27 heavy (non-hydrogen) atoms. The van der Waals surface area contributed by atoms with Crippen molar-refractivity contribution in [3.8, 4) is 0 Å². The molecule has 3 heteroatoms. The molecule has 0 aromatic carbocycles. The Bertz CT molecular complexity index is 609. The largest absolute Gasteiger partial charge is 0.416 e. The van der Waals surface area contributed by atoms with E-state index in [0.29, 0.717) is 6.61 Å². The maximum atomic E-state index is 13.3. The van der Waals surface area contributed by atoms with E-state index >= 15 is 0 Å². The molecule has 1 rings (SSSR count). The molecule has 0 aromatic rings. The first-order valence-electron chi connectivity index (χ1n) is 10.1. The Morgan fingerprint density at radius 1 is 0.963 bits per heavy atom. The first-order valence-corrected chi connectivity index (χ1v) is 13.0. The summed E-state index contributed by atoms with van der Waals surface area (Å²) in [6.07, 6.45) is 7.09. The molecule has 2 nitrogen and oxygen atoms in total. The van der Waals surface area contributed by atoms with Crippen molar-refractivity contribution in [2.24, 2.45) is 16.2 Å². The lowest BCUT2D eigenvalue weighted by atomic mass is 9.66. The molecule has 1 aliphatic rings. The van der Waals surface area contributed by atoms with Crippen molar-refractivity contribution in [3.05, 3.63) is 36.0 Å². The highest BCUT2D eigenvalue weighted by molar-refractivity contribution is 6.74. The van der Waals surface area contributed by atoms with Gasteiger partial charge in [-0.05, 0) is 35.4 Å². The van der Waals surface area contributed by atoms with Crippen LogP contribution in [0.3, 0.4) is 0 Å². The first-order chi connectivity index (χ1) is 11.9. The van der Waals surface area contributed by atoms with Crippen molar-refractivity contribution in [2.75, 3.05) is 6.61 Å². The van der Waals surface area contributed by atoms with Crippen molar-refractivity contribution in [1.82, 2.24) is 0 Å². The molecule has 0 radical (unpaired) electrons. The van der Waals surface area contributed by atoms with Gasteiger partial charge in [0.2, 0.25) is 0 Å². The lowest BCUT2D eigenvalue weighted by Gasteiger charge is -2.42. The second-order valence-corrected chi connectivity index (χ2v) is 16.5. The summed E-state index contributed by atoms with van der Waals surface area (Å²) in [5.74, 6) is 0.182. The average molecular weight is 391 g/mol. The highest BCUT2D eigenvalue weighted by Gasteiger charge is 2.43. The Morgan fingerprint density at radius 2 is 1.37 bits per heavy atom. The molecule has 0 unspecified atom stereocenters. The molecule has 154 valence electrons. The SMILES string of the molecule is C=CCC1(CO[Si](C)(C)C(C)(C)C)C=C(C(C)(C)C)C(=O)C(C(C)(C)C)=C1. The van der Waals surface area contributed by atoms with Crippen LogP contribution in [-0.2, 0) is 9.22 Å². The fourth-order valence-corrected chi connectivity index (χ4v) is 4.13. The maximum absolute atomic E-state index is 13.3. The second kappa shape index (κ2) is 7.48. The summed E-state index contributed by atoms with van der Waals surface area (Å²) in [6, 6.07) is 0. The fraction of sp³-hybridized carbons (Fsp3) is 0.708. The van der Waals surface area contributed by atoms with Gasteiger partial charge in [-0.2, -0.15) is 0 Å². The van der Waals surface area contributed by atoms with E-state index in [9.17, 15) is 4.79 Å². The van der Waals surface area contributed by atoms with Crippen molar-refractivity contribution >= 4 is 14.1 Å². The van der Waals surface area contributed by atoms with Crippen molar-refractivity contribution in [1.29, 1.82) is 0 Å². The number of allylic oxidation sites excluding steroid dienone is 3. The van der Waals surface area contributed by atoms with Crippen LogP contribution in [0.5, 0.6) is 0 Å². The second-order valence-electron chi connectivity index (χ2n) is 11.7. The lowest BCUT2D eigenvalue weighted by molar-refractivity contribution is -0.114. The smallest absolute Gasteiger partial charge is 0.192 e. The average Bonchev–Trinajstić information content (AvgIpc) is 2.44.